The van der Waals surface area contributed by atoms with Crippen molar-refractivity contribution in [2.75, 3.05) is 7.05 Å². The Morgan fingerprint density at radius 1 is 0.774 bits per heavy atom. The predicted octanol–water partition coefficient (Wildman–Crippen LogP) is 7.02. The minimum Gasteiger partial charge on any atom is -0.391 e. The lowest BCUT2D eigenvalue weighted by Crippen LogP contribution is -2.47. The van der Waals surface area contributed by atoms with Crippen LogP contribution in [0.1, 0.15) is 42.6 Å². The highest BCUT2D eigenvalue weighted by Crippen LogP contribution is 2.45. The van der Waals surface area contributed by atoms with Gasteiger partial charge in [-0.3, -0.25) is 4.90 Å². The van der Waals surface area contributed by atoms with Gasteiger partial charge in [0.2, 0.25) is 0 Å². The molecule has 160 valence electrons. The van der Waals surface area contributed by atoms with E-state index in [2.05, 4.69) is 108 Å². The van der Waals surface area contributed by atoms with Crippen molar-refractivity contribution in [3.63, 3.8) is 0 Å². The molecular weight excluding hydrogens is 448 g/mol. The number of benzene rings is 3. The van der Waals surface area contributed by atoms with Crippen LogP contribution in [0.4, 0.5) is 0 Å². The molecule has 31 heavy (non-hydrogen) atoms. The molecule has 3 aromatic rings. The molecule has 0 bridgehead atoms. The van der Waals surface area contributed by atoms with E-state index in [1.807, 2.05) is 18.2 Å². The largest absolute Gasteiger partial charge is 0.391 e. The van der Waals surface area contributed by atoms with Crippen LogP contribution >= 0.6 is 15.9 Å². The van der Waals surface area contributed by atoms with Gasteiger partial charge in [-0.1, -0.05) is 114 Å². The zero-order valence-electron chi connectivity index (χ0n) is 18.3. The molecule has 0 aromatic heterocycles. The summed E-state index contributed by atoms with van der Waals surface area (Å²) in [6.45, 7) is 4.99. The lowest BCUT2D eigenvalue weighted by Gasteiger charge is -2.47. The normalized spacial score (nSPS) is 24.1. The van der Waals surface area contributed by atoms with E-state index in [9.17, 15) is 0 Å². The molecule has 0 spiro atoms. The first-order chi connectivity index (χ1) is 15.1. The van der Waals surface area contributed by atoms with Crippen LogP contribution in [0, 0.1) is 11.8 Å². The fraction of sp³-hybridized carbons (Fsp3) is 0.296. The van der Waals surface area contributed by atoms with E-state index in [1.54, 1.807) is 0 Å². The van der Waals surface area contributed by atoms with Gasteiger partial charge in [-0.2, -0.15) is 0 Å². The van der Waals surface area contributed by atoms with Gasteiger partial charge in [0.1, 0.15) is 6.61 Å². The van der Waals surface area contributed by atoms with Crippen molar-refractivity contribution >= 4 is 21.6 Å². The second kappa shape index (κ2) is 9.80. The monoisotopic (exact) mass is 476 g/mol. The average molecular weight is 477 g/mol. The van der Waals surface area contributed by atoms with Gasteiger partial charge in [-0.15, -0.1) is 0 Å². The van der Waals surface area contributed by atoms with Crippen molar-refractivity contribution < 1.29 is 4.84 Å². The van der Waals surface area contributed by atoms with Gasteiger partial charge in [0.25, 0.3) is 0 Å². The topological polar surface area (TPSA) is 24.8 Å². The van der Waals surface area contributed by atoms with Gasteiger partial charge in [-0.25, -0.2) is 0 Å². The summed E-state index contributed by atoms with van der Waals surface area (Å²) in [5, 5.41) is 4.74. The van der Waals surface area contributed by atoms with Crippen molar-refractivity contribution in [3.8, 4) is 0 Å². The van der Waals surface area contributed by atoms with E-state index in [1.165, 1.54) is 11.1 Å². The Bertz CT molecular complexity index is 966. The molecule has 0 saturated carbocycles. The van der Waals surface area contributed by atoms with E-state index in [-0.39, 0.29) is 23.9 Å². The van der Waals surface area contributed by atoms with Gasteiger partial charge < -0.3 is 4.84 Å². The number of hydrogen-bond donors (Lipinski definition) is 0. The Kier molecular flexibility index (Phi) is 6.89. The van der Waals surface area contributed by atoms with Gasteiger partial charge in [-0.05, 0) is 24.2 Å². The van der Waals surface area contributed by atoms with Crippen LogP contribution in [0.3, 0.4) is 0 Å². The first kappa shape index (κ1) is 21.8. The van der Waals surface area contributed by atoms with E-state index in [0.29, 0.717) is 6.61 Å². The van der Waals surface area contributed by atoms with Crippen LogP contribution < -0.4 is 0 Å². The molecule has 1 heterocycles. The van der Waals surface area contributed by atoms with Crippen molar-refractivity contribution in [2.24, 2.45) is 17.0 Å². The zero-order chi connectivity index (χ0) is 21.8. The molecule has 1 aliphatic heterocycles. The smallest absolute Gasteiger partial charge is 0.143 e. The number of oxime groups is 1. The third-order valence-electron chi connectivity index (χ3n) is 6.39. The first-order valence-electron chi connectivity index (χ1n) is 10.8. The Labute approximate surface area is 193 Å². The van der Waals surface area contributed by atoms with Crippen LogP contribution in [0.25, 0.3) is 0 Å². The summed E-state index contributed by atoms with van der Waals surface area (Å²) in [5.74, 6) is 0.475. The molecule has 4 atom stereocenters. The van der Waals surface area contributed by atoms with Crippen LogP contribution in [-0.2, 0) is 11.4 Å². The van der Waals surface area contributed by atoms with Crippen molar-refractivity contribution in [3.05, 3.63) is 106 Å². The molecule has 4 rings (SSSR count). The van der Waals surface area contributed by atoms with Gasteiger partial charge in [0.15, 0.2) is 0 Å². The number of piperidine rings is 1. The number of nitrogens with zero attached hydrogens (tertiary/aromatic N) is 2. The number of likely N-dealkylation sites (tertiary alicyclic amines) is 1. The van der Waals surface area contributed by atoms with Gasteiger partial charge in [0.05, 0.1) is 5.71 Å². The lowest BCUT2D eigenvalue weighted by atomic mass is 9.74. The molecule has 1 fully saturated rings. The molecule has 1 saturated heterocycles. The minimum atomic E-state index is 0.230. The van der Waals surface area contributed by atoms with Crippen LogP contribution in [0.5, 0.6) is 0 Å². The third-order valence-corrected chi connectivity index (χ3v) is 7.16. The van der Waals surface area contributed by atoms with Gasteiger partial charge in [0, 0.05) is 34.0 Å². The maximum Gasteiger partial charge on any atom is 0.143 e. The summed E-state index contributed by atoms with van der Waals surface area (Å²) >= 11 is 3.60. The van der Waals surface area contributed by atoms with E-state index in [4.69, 9.17) is 9.99 Å². The van der Waals surface area contributed by atoms with Crippen molar-refractivity contribution in [1.82, 2.24) is 4.90 Å². The molecule has 4 heteroatoms. The average Bonchev–Trinajstić information content (AvgIpc) is 2.79. The highest BCUT2D eigenvalue weighted by Gasteiger charge is 2.43. The first-order valence-corrected chi connectivity index (χ1v) is 11.6. The van der Waals surface area contributed by atoms with E-state index in [0.717, 1.165) is 15.7 Å². The Morgan fingerprint density at radius 3 is 1.77 bits per heavy atom. The second-order valence-electron chi connectivity index (χ2n) is 8.33. The maximum absolute atomic E-state index is 5.92. The summed E-state index contributed by atoms with van der Waals surface area (Å²) < 4.78 is 1.05. The van der Waals surface area contributed by atoms with Crippen LogP contribution in [-0.4, -0.2) is 17.7 Å². The molecule has 0 radical (unpaired) electrons. The van der Waals surface area contributed by atoms with E-state index >= 15 is 0 Å². The second-order valence-corrected chi connectivity index (χ2v) is 9.19. The Hall–Kier alpha value is -2.43. The maximum atomic E-state index is 5.92. The molecule has 0 aliphatic carbocycles. The fourth-order valence-electron chi connectivity index (χ4n) is 4.92. The third kappa shape index (κ3) is 4.60. The van der Waals surface area contributed by atoms with E-state index < -0.39 is 0 Å². The summed E-state index contributed by atoms with van der Waals surface area (Å²) in [7, 11) is 2.24. The SMILES string of the molecule is CC1C(=NOCc2ccccc2Br)C(C)C(c2ccccc2)N(C)C1c1ccccc1. The Balaban J connectivity index is 1.68. The minimum absolute atomic E-state index is 0.230. The molecular formula is C27H29BrN2O. The Morgan fingerprint density at radius 2 is 1.26 bits per heavy atom. The summed E-state index contributed by atoms with van der Waals surface area (Å²) in [6, 6.07) is 30.1. The quantitative estimate of drug-likeness (QED) is 0.369. The summed E-state index contributed by atoms with van der Waals surface area (Å²) in [4.78, 5) is 8.43. The van der Waals surface area contributed by atoms with Crippen LogP contribution in [0.2, 0.25) is 0 Å². The van der Waals surface area contributed by atoms with Crippen molar-refractivity contribution in [1.29, 1.82) is 0 Å². The van der Waals surface area contributed by atoms with Crippen molar-refractivity contribution in [2.45, 2.75) is 32.5 Å². The summed E-state index contributed by atoms with van der Waals surface area (Å²) in [5.41, 5.74) is 4.83. The lowest BCUT2D eigenvalue weighted by molar-refractivity contribution is 0.0845. The number of hydrogen-bond acceptors (Lipinski definition) is 3. The highest BCUT2D eigenvalue weighted by atomic mass is 79.9. The number of rotatable bonds is 5. The summed E-state index contributed by atoms with van der Waals surface area (Å²) in [6.07, 6.45) is 0. The zero-order valence-corrected chi connectivity index (χ0v) is 19.9. The highest BCUT2D eigenvalue weighted by molar-refractivity contribution is 9.10. The fourth-order valence-corrected chi connectivity index (χ4v) is 5.32. The predicted molar refractivity (Wildman–Crippen MR) is 131 cm³/mol. The molecule has 3 nitrogen and oxygen atoms in total. The molecule has 4 unspecified atom stereocenters. The molecule has 3 aromatic carbocycles. The molecule has 0 amide bonds. The number of halogens is 1. The molecule has 0 N–H and O–H groups in total. The van der Waals surface area contributed by atoms with Gasteiger partial charge >= 0.3 is 0 Å². The standard InChI is InChI=1S/C27H29BrN2O/c1-19-25(29-31-18-23-16-10-11-17-24(23)28)20(2)27(22-14-8-5-9-15-22)30(3)26(19)21-12-6-4-7-13-21/h4-17,19-20,26-27H,18H2,1-3H3. The van der Waals surface area contributed by atoms with Crippen LogP contribution in [0.15, 0.2) is 94.6 Å². The molecule has 1 aliphatic rings.